The Hall–Kier alpha value is -3.71. The fourth-order valence-electron chi connectivity index (χ4n) is 4.81. The summed E-state index contributed by atoms with van der Waals surface area (Å²) in [6, 6.07) is 13.4. The maximum atomic E-state index is 12.6. The number of hydrogen-bond acceptors (Lipinski definition) is 7. The normalized spacial score (nSPS) is 16.0. The van der Waals surface area contributed by atoms with Gasteiger partial charge in [0.25, 0.3) is 5.91 Å². The Labute approximate surface area is 225 Å². The van der Waals surface area contributed by atoms with Gasteiger partial charge in [0.2, 0.25) is 0 Å². The van der Waals surface area contributed by atoms with E-state index < -0.39 is 0 Å². The molecule has 0 radical (unpaired) electrons. The maximum Gasteiger partial charge on any atom is 0.253 e. The molecule has 1 amide bonds. The van der Waals surface area contributed by atoms with E-state index in [1.54, 1.807) is 30.5 Å². The van der Waals surface area contributed by atoms with Crippen molar-refractivity contribution in [3.05, 3.63) is 58.7 Å². The number of nitriles is 1. The van der Waals surface area contributed by atoms with Crippen LogP contribution in [0, 0.1) is 11.3 Å². The number of rotatable bonds is 8. The monoisotopic (exact) mass is 529 g/mol. The van der Waals surface area contributed by atoms with Crippen LogP contribution < -0.4 is 10.6 Å². The molecule has 1 aliphatic carbocycles. The Morgan fingerprint density at radius 3 is 2.79 bits per heavy atom. The minimum atomic E-state index is -0.149. The first-order valence-corrected chi connectivity index (χ1v) is 13.3. The van der Waals surface area contributed by atoms with E-state index in [0.717, 1.165) is 75.4 Å². The molecule has 1 saturated heterocycles. The van der Waals surface area contributed by atoms with Gasteiger partial charge in [-0.2, -0.15) is 5.26 Å². The summed E-state index contributed by atoms with van der Waals surface area (Å²) in [5.74, 6) is 0.511. The summed E-state index contributed by atoms with van der Waals surface area (Å²) in [5, 5.41) is 16.3. The minimum absolute atomic E-state index is 0.149. The first-order valence-electron chi connectivity index (χ1n) is 13.0. The summed E-state index contributed by atoms with van der Waals surface area (Å²) in [6.45, 7) is 5.22. The van der Waals surface area contributed by atoms with Gasteiger partial charge in [-0.3, -0.25) is 14.1 Å². The van der Waals surface area contributed by atoms with Crippen molar-refractivity contribution in [2.75, 3.05) is 44.7 Å². The zero-order valence-corrected chi connectivity index (χ0v) is 21.7. The Balaban J connectivity index is 1.33. The number of ether oxygens (including phenoxy) is 1. The van der Waals surface area contributed by atoms with Crippen molar-refractivity contribution in [2.24, 2.45) is 0 Å². The smallest absolute Gasteiger partial charge is 0.253 e. The van der Waals surface area contributed by atoms with Crippen molar-refractivity contribution in [1.29, 1.82) is 5.26 Å². The molecule has 9 nitrogen and oxygen atoms in total. The Morgan fingerprint density at radius 2 is 2.03 bits per heavy atom. The van der Waals surface area contributed by atoms with Crippen molar-refractivity contribution in [3.63, 3.8) is 0 Å². The zero-order chi connectivity index (χ0) is 26.1. The number of nitrogens with zero attached hydrogens (tertiary/aromatic N) is 5. The second-order valence-electron chi connectivity index (χ2n) is 9.75. The molecule has 194 valence electrons. The molecule has 2 aromatic carbocycles. The largest absolute Gasteiger partial charge is 0.379 e. The fraction of sp³-hybridized carbons (Fsp3) is 0.357. The predicted molar refractivity (Wildman–Crippen MR) is 147 cm³/mol. The number of amides is 1. The topological polar surface area (TPSA) is 108 Å². The summed E-state index contributed by atoms with van der Waals surface area (Å²) in [4.78, 5) is 24.5. The molecule has 2 fully saturated rings. The van der Waals surface area contributed by atoms with E-state index in [0.29, 0.717) is 33.1 Å². The summed E-state index contributed by atoms with van der Waals surface area (Å²) >= 11 is 6.57. The number of anilines is 1. The van der Waals surface area contributed by atoms with E-state index in [2.05, 4.69) is 21.6 Å². The first kappa shape index (κ1) is 24.6. The van der Waals surface area contributed by atoms with Crippen LogP contribution in [0.1, 0.15) is 35.2 Å². The van der Waals surface area contributed by atoms with Crippen LogP contribution in [0.25, 0.3) is 27.9 Å². The minimum Gasteiger partial charge on any atom is -0.379 e. The average molecular weight is 530 g/mol. The van der Waals surface area contributed by atoms with E-state index >= 15 is 0 Å². The second kappa shape index (κ2) is 10.6. The van der Waals surface area contributed by atoms with Crippen LogP contribution in [0.15, 0.2) is 42.6 Å². The second-order valence-corrected chi connectivity index (χ2v) is 10.2. The molecular formula is C28H28ClN7O2. The van der Waals surface area contributed by atoms with Crippen LogP contribution in [-0.4, -0.2) is 70.6 Å². The lowest BCUT2D eigenvalue weighted by molar-refractivity contribution is 0.0378. The van der Waals surface area contributed by atoms with Gasteiger partial charge in [-0.1, -0.05) is 17.7 Å². The number of carbonyl (C=O) groups is 1. The highest BCUT2D eigenvalue weighted by Gasteiger charge is 2.25. The van der Waals surface area contributed by atoms with E-state index in [1.807, 2.05) is 16.5 Å². The number of fused-ring (bicyclic) bond motifs is 3. The van der Waals surface area contributed by atoms with Gasteiger partial charge in [0.15, 0.2) is 11.5 Å². The van der Waals surface area contributed by atoms with E-state index in [9.17, 15) is 10.1 Å². The number of imidazole rings is 1. The van der Waals surface area contributed by atoms with E-state index in [-0.39, 0.29) is 11.9 Å². The molecule has 0 atom stereocenters. The third-order valence-electron chi connectivity index (χ3n) is 7.02. The standard InChI is InChI=1S/C28H28ClN7O2/c29-22-15-19(3-6-21(22)28(37)33-20-4-5-20)25-17-32-27-26(31-8-1-9-35-10-12-38-13-11-35)34-23-14-18(16-30)2-7-24(23)36(25)27/h2-3,6-7,14-15,17,20H,1,4-5,8-13H2,(H,31,34)(H,33,37). The van der Waals surface area contributed by atoms with Crippen LogP contribution in [0.3, 0.4) is 0 Å². The van der Waals surface area contributed by atoms with Gasteiger partial charge >= 0.3 is 0 Å². The molecule has 1 saturated carbocycles. The van der Waals surface area contributed by atoms with Gasteiger partial charge in [-0.25, -0.2) is 9.97 Å². The van der Waals surface area contributed by atoms with Gasteiger partial charge in [0, 0.05) is 31.2 Å². The number of hydrogen-bond donors (Lipinski definition) is 2. The van der Waals surface area contributed by atoms with Crippen LogP contribution in [0.4, 0.5) is 5.82 Å². The zero-order valence-electron chi connectivity index (χ0n) is 20.9. The summed E-state index contributed by atoms with van der Waals surface area (Å²) in [5.41, 5.74) is 4.87. The Bertz CT molecular complexity index is 1550. The lowest BCUT2D eigenvalue weighted by Crippen LogP contribution is -2.37. The fourth-order valence-corrected chi connectivity index (χ4v) is 5.08. The number of benzene rings is 2. The number of aromatic nitrogens is 3. The van der Waals surface area contributed by atoms with Gasteiger partial charge < -0.3 is 15.4 Å². The van der Waals surface area contributed by atoms with E-state index in [1.165, 1.54) is 0 Å². The number of morpholine rings is 1. The molecule has 6 rings (SSSR count). The molecule has 3 heterocycles. The molecule has 38 heavy (non-hydrogen) atoms. The Morgan fingerprint density at radius 1 is 1.18 bits per heavy atom. The maximum absolute atomic E-state index is 12.6. The average Bonchev–Trinajstić information content (AvgIpc) is 3.64. The number of carbonyl (C=O) groups excluding carboxylic acids is 1. The van der Waals surface area contributed by atoms with Gasteiger partial charge in [0.1, 0.15) is 0 Å². The highest BCUT2D eigenvalue weighted by Crippen LogP contribution is 2.31. The molecule has 0 spiro atoms. The molecule has 0 bridgehead atoms. The van der Waals surface area contributed by atoms with Crippen molar-refractivity contribution >= 4 is 40.0 Å². The third kappa shape index (κ3) is 5.03. The highest BCUT2D eigenvalue weighted by atomic mass is 35.5. The molecule has 2 aliphatic rings. The van der Waals surface area contributed by atoms with Gasteiger partial charge in [-0.05, 0) is 56.1 Å². The number of halogens is 1. The quantitative estimate of drug-likeness (QED) is 0.331. The summed E-state index contributed by atoms with van der Waals surface area (Å²) in [7, 11) is 0. The predicted octanol–water partition coefficient (Wildman–Crippen LogP) is 4.10. The molecular weight excluding hydrogens is 502 g/mol. The third-order valence-corrected chi connectivity index (χ3v) is 7.33. The lowest BCUT2D eigenvalue weighted by Gasteiger charge is -2.26. The summed E-state index contributed by atoms with van der Waals surface area (Å²) in [6.07, 6.45) is 4.78. The lowest BCUT2D eigenvalue weighted by atomic mass is 10.1. The van der Waals surface area contributed by atoms with E-state index in [4.69, 9.17) is 26.3 Å². The molecule has 2 aromatic heterocycles. The highest BCUT2D eigenvalue weighted by molar-refractivity contribution is 6.34. The van der Waals surface area contributed by atoms with Crippen LogP contribution in [0.5, 0.6) is 0 Å². The molecule has 0 unspecified atom stereocenters. The number of nitrogens with one attached hydrogen (secondary N) is 2. The van der Waals surface area contributed by atoms with Crippen LogP contribution in [-0.2, 0) is 4.74 Å². The van der Waals surface area contributed by atoms with Crippen molar-refractivity contribution in [3.8, 4) is 17.3 Å². The molecule has 2 N–H and O–H groups in total. The van der Waals surface area contributed by atoms with Crippen LogP contribution in [0.2, 0.25) is 5.02 Å². The summed E-state index contributed by atoms with van der Waals surface area (Å²) < 4.78 is 7.47. The van der Waals surface area contributed by atoms with Gasteiger partial charge in [0.05, 0.1) is 58.4 Å². The van der Waals surface area contributed by atoms with Gasteiger partial charge in [-0.15, -0.1) is 0 Å². The SMILES string of the molecule is N#Cc1ccc2c(c1)nc(NCCCN1CCOCC1)c1ncc(-c3ccc(C(=O)NC4CC4)c(Cl)c3)n12. The van der Waals surface area contributed by atoms with Crippen LogP contribution >= 0.6 is 11.6 Å². The van der Waals surface area contributed by atoms with Crippen molar-refractivity contribution in [1.82, 2.24) is 24.6 Å². The Kier molecular flexibility index (Phi) is 6.85. The molecule has 1 aliphatic heterocycles. The first-order chi connectivity index (χ1) is 18.6. The van der Waals surface area contributed by atoms with Crippen molar-refractivity contribution < 1.29 is 9.53 Å². The molecule has 10 heteroatoms. The van der Waals surface area contributed by atoms with Crippen molar-refractivity contribution in [2.45, 2.75) is 25.3 Å². The molecule has 4 aromatic rings.